The molecule has 2 rings (SSSR count). The van der Waals surface area contributed by atoms with Crippen LogP contribution in [0, 0.1) is 5.92 Å². The molecule has 7 heteroatoms. The van der Waals surface area contributed by atoms with E-state index in [0.29, 0.717) is 23.2 Å². The Kier molecular flexibility index (Phi) is 7.28. The number of amides is 1. The Bertz CT molecular complexity index is 491. The topological polar surface area (TPSA) is 55.1 Å². The highest BCUT2D eigenvalue weighted by Gasteiger charge is 2.41. The molecular weight excluding hydrogens is 351 g/mol. The van der Waals surface area contributed by atoms with Crippen LogP contribution in [0.2, 0.25) is 8.67 Å². The van der Waals surface area contributed by atoms with Crippen molar-refractivity contribution < 1.29 is 4.79 Å². The first-order valence-corrected chi connectivity index (χ1v) is 8.46. The molecule has 1 aliphatic rings. The van der Waals surface area contributed by atoms with Gasteiger partial charge in [0.1, 0.15) is 0 Å². The van der Waals surface area contributed by atoms with Crippen molar-refractivity contribution in [2.75, 3.05) is 6.54 Å². The molecule has 1 heterocycles. The number of nitrogens with one attached hydrogen (secondary N) is 1. The second kappa shape index (κ2) is 8.02. The fourth-order valence-electron chi connectivity index (χ4n) is 2.41. The Morgan fingerprint density at radius 1 is 1.52 bits per heavy atom. The van der Waals surface area contributed by atoms with Crippen molar-refractivity contribution in [3.8, 4) is 0 Å². The van der Waals surface area contributed by atoms with Crippen molar-refractivity contribution in [3.05, 3.63) is 20.3 Å². The largest absolute Gasteiger partial charge is 0.349 e. The van der Waals surface area contributed by atoms with Gasteiger partial charge in [0.15, 0.2) is 0 Å². The third kappa shape index (κ3) is 5.29. The maximum absolute atomic E-state index is 12.0. The smallest absolute Gasteiger partial charge is 0.220 e. The van der Waals surface area contributed by atoms with Crippen molar-refractivity contribution in [3.63, 3.8) is 0 Å². The number of aryl methyl sites for hydroxylation is 1. The van der Waals surface area contributed by atoms with E-state index in [1.807, 2.05) is 13.0 Å². The highest BCUT2D eigenvalue weighted by Crippen LogP contribution is 2.39. The van der Waals surface area contributed by atoms with Crippen LogP contribution in [0.1, 0.15) is 38.2 Å². The number of carbonyl (C=O) groups excluding carboxylic acids is 1. The average Bonchev–Trinajstić information content (AvgIpc) is 3.17. The van der Waals surface area contributed by atoms with Gasteiger partial charge in [0.2, 0.25) is 5.91 Å². The fourth-order valence-corrected chi connectivity index (χ4v) is 3.95. The zero-order valence-corrected chi connectivity index (χ0v) is 15.1. The number of nitrogens with two attached hydrogens (primary N) is 1. The monoisotopic (exact) mass is 370 g/mol. The molecule has 21 heavy (non-hydrogen) atoms. The Labute approximate surface area is 146 Å². The van der Waals surface area contributed by atoms with Gasteiger partial charge in [-0.05, 0) is 50.2 Å². The lowest BCUT2D eigenvalue weighted by atomic mass is 9.95. The van der Waals surface area contributed by atoms with Crippen LogP contribution in [0.4, 0.5) is 0 Å². The number of carbonyl (C=O) groups is 1. The molecule has 1 unspecified atom stereocenters. The summed E-state index contributed by atoms with van der Waals surface area (Å²) in [5, 5.41) is 3.09. The Morgan fingerprint density at radius 2 is 2.19 bits per heavy atom. The van der Waals surface area contributed by atoms with Gasteiger partial charge in [-0.1, -0.05) is 23.2 Å². The van der Waals surface area contributed by atoms with E-state index in [1.165, 1.54) is 11.3 Å². The van der Waals surface area contributed by atoms with Gasteiger partial charge in [0.25, 0.3) is 0 Å². The summed E-state index contributed by atoms with van der Waals surface area (Å²) in [6, 6.07) is 1.88. The minimum absolute atomic E-state index is 0. The second-order valence-electron chi connectivity index (χ2n) is 5.65. The molecular formula is C14H21Cl3N2OS. The summed E-state index contributed by atoms with van der Waals surface area (Å²) >= 11 is 13.3. The van der Waals surface area contributed by atoms with Crippen LogP contribution < -0.4 is 11.1 Å². The quantitative estimate of drug-likeness (QED) is 0.760. The molecule has 0 saturated heterocycles. The van der Waals surface area contributed by atoms with Crippen LogP contribution in [0.3, 0.4) is 0 Å². The summed E-state index contributed by atoms with van der Waals surface area (Å²) in [6.45, 7) is 2.54. The van der Waals surface area contributed by atoms with Gasteiger partial charge in [0.05, 0.1) is 14.2 Å². The SMILES string of the molecule is CC(CN)(NC(=O)CCCc1cc(Cl)sc1Cl)C1CC1.Cl. The molecule has 0 aliphatic heterocycles. The first kappa shape index (κ1) is 19.0. The highest BCUT2D eigenvalue weighted by molar-refractivity contribution is 7.20. The van der Waals surface area contributed by atoms with E-state index in [-0.39, 0.29) is 23.9 Å². The maximum Gasteiger partial charge on any atom is 0.220 e. The summed E-state index contributed by atoms with van der Waals surface area (Å²) in [5.74, 6) is 0.615. The van der Waals surface area contributed by atoms with Crippen LogP contribution in [0.15, 0.2) is 6.07 Å². The van der Waals surface area contributed by atoms with Crippen LogP contribution in [-0.2, 0) is 11.2 Å². The lowest BCUT2D eigenvalue weighted by Crippen LogP contribution is -2.53. The van der Waals surface area contributed by atoms with Gasteiger partial charge in [-0.3, -0.25) is 4.79 Å². The van der Waals surface area contributed by atoms with Crippen LogP contribution >= 0.6 is 46.9 Å². The van der Waals surface area contributed by atoms with Gasteiger partial charge in [0, 0.05) is 13.0 Å². The van der Waals surface area contributed by atoms with E-state index in [0.717, 1.165) is 35.6 Å². The maximum atomic E-state index is 12.0. The van der Waals surface area contributed by atoms with Crippen molar-refractivity contribution in [2.45, 2.75) is 44.6 Å². The lowest BCUT2D eigenvalue weighted by Gasteiger charge is -2.29. The van der Waals surface area contributed by atoms with Crippen molar-refractivity contribution in [2.24, 2.45) is 11.7 Å². The third-order valence-electron chi connectivity index (χ3n) is 3.90. The van der Waals surface area contributed by atoms with Crippen LogP contribution in [0.25, 0.3) is 0 Å². The van der Waals surface area contributed by atoms with E-state index in [4.69, 9.17) is 28.9 Å². The molecule has 0 bridgehead atoms. The number of rotatable bonds is 7. The molecule has 1 aliphatic carbocycles. The highest BCUT2D eigenvalue weighted by atomic mass is 35.5. The molecule has 120 valence electrons. The molecule has 3 N–H and O–H groups in total. The van der Waals surface area contributed by atoms with Gasteiger partial charge in [-0.25, -0.2) is 0 Å². The van der Waals surface area contributed by atoms with E-state index in [2.05, 4.69) is 5.32 Å². The summed E-state index contributed by atoms with van der Waals surface area (Å²) < 4.78 is 1.42. The normalized spacial score (nSPS) is 17.0. The third-order valence-corrected chi connectivity index (χ3v) is 5.47. The molecule has 0 aromatic carbocycles. The zero-order chi connectivity index (χ0) is 14.8. The van der Waals surface area contributed by atoms with Gasteiger partial charge in [-0.2, -0.15) is 0 Å². The lowest BCUT2D eigenvalue weighted by molar-refractivity contribution is -0.123. The molecule has 1 atom stereocenters. The Hall–Kier alpha value is -0.000000000000000222. The molecule has 1 amide bonds. The number of hydrogen-bond acceptors (Lipinski definition) is 3. The fraction of sp³-hybridized carbons (Fsp3) is 0.643. The zero-order valence-electron chi connectivity index (χ0n) is 12.0. The number of halogens is 3. The second-order valence-corrected chi connectivity index (χ2v) is 7.93. The van der Waals surface area contributed by atoms with E-state index >= 15 is 0 Å². The Balaban J connectivity index is 0.00000220. The number of thiophene rings is 1. The molecule has 1 saturated carbocycles. The van der Waals surface area contributed by atoms with E-state index in [9.17, 15) is 4.79 Å². The molecule has 1 aromatic heterocycles. The van der Waals surface area contributed by atoms with Crippen molar-refractivity contribution >= 4 is 52.9 Å². The molecule has 3 nitrogen and oxygen atoms in total. The van der Waals surface area contributed by atoms with Crippen LogP contribution in [0.5, 0.6) is 0 Å². The van der Waals surface area contributed by atoms with Gasteiger partial charge >= 0.3 is 0 Å². The van der Waals surface area contributed by atoms with Crippen molar-refractivity contribution in [1.29, 1.82) is 0 Å². The molecule has 1 aromatic rings. The molecule has 1 fully saturated rings. The first-order valence-electron chi connectivity index (χ1n) is 6.89. The summed E-state index contributed by atoms with van der Waals surface area (Å²) in [7, 11) is 0. The Morgan fingerprint density at radius 3 is 2.67 bits per heavy atom. The summed E-state index contributed by atoms with van der Waals surface area (Å²) in [6.07, 6.45) is 4.36. The molecule has 0 spiro atoms. The first-order chi connectivity index (χ1) is 9.44. The predicted molar refractivity (Wildman–Crippen MR) is 92.9 cm³/mol. The standard InChI is InChI=1S/C14H20Cl2N2OS.ClH/c1-14(8-17,10-5-6-10)18-12(19)4-2-3-9-7-11(15)20-13(9)16;/h7,10H,2-6,8,17H2,1H3,(H,18,19);1H. The summed E-state index contributed by atoms with van der Waals surface area (Å²) in [4.78, 5) is 12.0. The van der Waals surface area contributed by atoms with Gasteiger partial charge in [-0.15, -0.1) is 23.7 Å². The predicted octanol–water partition coefficient (Wildman–Crippen LogP) is 4.04. The number of hydrogen-bond donors (Lipinski definition) is 2. The van der Waals surface area contributed by atoms with Gasteiger partial charge < -0.3 is 11.1 Å². The van der Waals surface area contributed by atoms with E-state index < -0.39 is 0 Å². The van der Waals surface area contributed by atoms with Crippen molar-refractivity contribution in [1.82, 2.24) is 5.32 Å². The van der Waals surface area contributed by atoms with E-state index in [1.54, 1.807) is 0 Å². The van der Waals surface area contributed by atoms with Crippen LogP contribution in [-0.4, -0.2) is 18.0 Å². The molecule has 0 radical (unpaired) electrons. The average molecular weight is 372 g/mol. The minimum atomic E-state index is -0.236. The summed E-state index contributed by atoms with van der Waals surface area (Å²) in [5.41, 5.74) is 6.58. The minimum Gasteiger partial charge on any atom is -0.349 e.